The Morgan fingerprint density at radius 2 is 1.46 bits per heavy atom. The number of carbonyl (C=O) groups is 2. The second-order valence-electron chi connectivity index (χ2n) is 9.40. The van der Waals surface area contributed by atoms with E-state index in [9.17, 15) is 26.3 Å². The topological polar surface area (TPSA) is 98.9 Å². The molecule has 0 radical (unpaired) electrons. The number of alkyl halides is 6. The first-order valence-corrected chi connectivity index (χ1v) is 13.2. The fraction of sp³-hybridized carbons (Fsp3) is 0.423. The molecule has 0 saturated carbocycles. The van der Waals surface area contributed by atoms with Crippen molar-refractivity contribution in [2.24, 2.45) is 0 Å². The first kappa shape index (κ1) is 32.1. The largest absolute Gasteiger partial charge is 0.490 e. The van der Waals surface area contributed by atoms with Crippen LogP contribution >= 0.6 is 11.3 Å². The highest BCUT2D eigenvalue weighted by Crippen LogP contribution is 2.41. The number of carboxylic acid groups (broad SMARTS) is 2. The average Bonchev–Trinajstić information content (AvgIpc) is 3.58. The number of aromatic nitrogens is 2. The maximum Gasteiger partial charge on any atom is 0.490 e. The zero-order valence-electron chi connectivity index (χ0n) is 21.8. The van der Waals surface area contributed by atoms with E-state index < -0.39 is 24.3 Å². The van der Waals surface area contributed by atoms with Crippen molar-refractivity contribution in [2.75, 3.05) is 26.7 Å². The summed E-state index contributed by atoms with van der Waals surface area (Å²) in [6, 6.07) is 15.1. The maximum absolute atomic E-state index is 10.6. The van der Waals surface area contributed by atoms with Crippen molar-refractivity contribution in [3.8, 4) is 11.3 Å². The Bertz CT molecular complexity index is 1260. The van der Waals surface area contributed by atoms with E-state index in [2.05, 4.69) is 75.5 Å². The lowest BCUT2D eigenvalue weighted by Crippen LogP contribution is -2.56. The summed E-state index contributed by atoms with van der Waals surface area (Å²) in [7, 11) is 2.29. The predicted octanol–water partition coefficient (Wildman–Crippen LogP) is 5.31. The molecule has 4 heterocycles. The van der Waals surface area contributed by atoms with Crippen molar-refractivity contribution >= 4 is 23.3 Å². The van der Waals surface area contributed by atoms with Crippen LogP contribution in [0, 0.1) is 0 Å². The van der Waals surface area contributed by atoms with E-state index in [-0.39, 0.29) is 5.54 Å². The summed E-state index contributed by atoms with van der Waals surface area (Å²) in [4.78, 5) is 29.4. The third-order valence-electron chi connectivity index (χ3n) is 6.86. The van der Waals surface area contributed by atoms with E-state index >= 15 is 0 Å². The van der Waals surface area contributed by atoms with E-state index in [1.165, 1.54) is 22.0 Å². The predicted molar refractivity (Wildman–Crippen MR) is 138 cm³/mol. The molecule has 2 aliphatic rings. The summed E-state index contributed by atoms with van der Waals surface area (Å²) in [6.45, 7) is 5.47. The van der Waals surface area contributed by atoms with Gasteiger partial charge in [-0.05, 0) is 36.9 Å². The van der Waals surface area contributed by atoms with Crippen molar-refractivity contribution in [3.63, 3.8) is 0 Å². The molecule has 1 fully saturated rings. The molecule has 15 heteroatoms. The number of rotatable bonds is 3. The number of nitrogens with zero attached hydrogens (tertiary/aromatic N) is 4. The minimum absolute atomic E-state index is 0.0806. The van der Waals surface area contributed by atoms with Crippen LogP contribution in [0.2, 0.25) is 0 Å². The van der Waals surface area contributed by atoms with Gasteiger partial charge in [0.05, 0.1) is 17.4 Å². The first-order chi connectivity index (χ1) is 19.1. The van der Waals surface area contributed by atoms with Gasteiger partial charge < -0.3 is 14.8 Å². The van der Waals surface area contributed by atoms with Gasteiger partial charge >= 0.3 is 24.3 Å². The van der Waals surface area contributed by atoms with Gasteiger partial charge in [0.2, 0.25) is 0 Å². The van der Waals surface area contributed by atoms with Gasteiger partial charge in [-0.15, -0.1) is 11.3 Å². The number of likely N-dealkylation sites (tertiary alicyclic amines) is 1. The van der Waals surface area contributed by atoms with Gasteiger partial charge in [0.25, 0.3) is 0 Å². The average molecular weight is 607 g/mol. The summed E-state index contributed by atoms with van der Waals surface area (Å²) in [6.07, 6.45) is -5.77. The summed E-state index contributed by atoms with van der Waals surface area (Å²) >= 11 is 1.87. The minimum Gasteiger partial charge on any atom is -0.475 e. The highest BCUT2D eigenvalue weighted by atomic mass is 32.1. The summed E-state index contributed by atoms with van der Waals surface area (Å²) < 4.78 is 65.9. The maximum atomic E-state index is 10.6. The molecule has 2 aromatic heterocycles. The summed E-state index contributed by atoms with van der Waals surface area (Å²) in [5, 5.41) is 16.4. The molecule has 224 valence electrons. The fourth-order valence-corrected chi connectivity index (χ4v) is 5.50. The Morgan fingerprint density at radius 3 is 1.95 bits per heavy atom. The molecule has 3 aromatic rings. The van der Waals surface area contributed by atoms with Crippen molar-refractivity contribution in [1.29, 1.82) is 0 Å². The molecule has 0 aliphatic carbocycles. The van der Waals surface area contributed by atoms with Crippen molar-refractivity contribution in [2.45, 2.75) is 43.8 Å². The molecule has 1 spiro atoms. The van der Waals surface area contributed by atoms with Crippen LogP contribution in [0.1, 0.15) is 23.5 Å². The molecule has 2 aliphatic heterocycles. The lowest BCUT2D eigenvalue weighted by Gasteiger charge is -2.49. The van der Waals surface area contributed by atoms with E-state index in [0.717, 1.165) is 45.6 Å². The van der Waals surface area contributed by atoms with Gasteiger partial charge in [-0.25, -0.2) is 14.6 Å². The Morgan fingerprint density at radius 1 is 0.902 bits per heavy atom. The van der Waals surface area contributed by atoms with Crippen molar-refractivity contribution in [3.05, 3.63) is 64.7 Å². The molecule has 2 N–H and O–H groups in total. The van der Waals surface area contributed by atoms with Gasteiger partial charge in [-0.2, -0.15) is 26.3 Å². The SMILES string of the molecule is CN1CCn2c(-c3ccccc3)cnc2C12CCN(Cc1cccs1)CC2.O=C(O)C(F)(F)F.O=C(O)C(F)(F)F. The lowest BCUT2D eigenvalue weighted by molar-refractivity contribution is -0.193. The van der Waals surface area contributed by atoms with Crippen LogP contribution in [0.15, 0.2) is 54.0 Å². The van der Waals surface area contributed by atoms with Crippen LogP contribution in [0.25, 0.3) is 11.3 Å². The molecule has 0 amide bonds. The number of piperidine rings is 1. The van der Waals surface area contributed by atoms with Gasteiger partial charge in [0.1, 0.15) is 5.82 Å². The van der Waals surface area contributed by atoms with Crippen LogP contribution in [-0.2, 0) is 28.2 Å². The number of carboxylic acids is 2. The third kappa shape index (κ3) is 8.07. The number of benzene rings is 1. The molecule has 1 saturated heterocycles. The normalized spacial score (nSPS) is 17.0. The number of imidazole rings is 1. The molecule has 0 unspecified atom stereocenters. The van der Waals surface area contributed by atoms with Crippen molar-refractivity contribution in [1.82, 2.24) is 19.4 Å². The number of hydrogen-bond acceptors (Lipinski definition) is 6. The number of likely N-dealkylation sites (N-methyl/N-ethyl adjacent to an activating group) is 1. The summed E-state index contributed by atoms with van der Waals surface area (Å²) in [5.41, 5.74) is 2.61. The van der Waals surface area contributed by atoms with Crippen LogP contribution in [0.3, 0.4) is 0 Å². The van der Waals surface area contributed by atoms with Gasteiger partial charge in [0.15, 0.2) is 0 Å². The quantitative estimate of drug-likeness (QED) is 0.390. The molecule has 8 nitrogen and oxygen atoms in total. The van der Waals surface area contributed by atoms with E-state index in [0.29, 0.717) is 0 Å². The Kier molecular flexibility index (Phi) is 10.2. The first-order valence-electron chi connectivity index (χ1n) is 12.3. The van der Waals surface area contributed by atoms with Crippen LogP contribution in [0.4, 0.5) is 26.3 Å². The van der Waals surface area contributed by atoms with Gasteiger partial charge in [0, 0.05) is 37.6 Å². The second-order valence-corrected chi connectivity index (χ2v) is 10.4. The standard InChI is InChI=1S/C22H26N4S.2C2HF3O2/c1-24-13-14-26-20(18-6-3-2-4-7-18)16-23-21(26)22(24)9-11-25(12-10-22)17-19-8-5-15-27-19;2*3-2(4,5)1(6)7/h2-8,15-16H,9-14,17H2,1H3;2*(H,6,7). The fourth-order valence-electron chi connectivity index (χ4n) is 4.76. The molecule has 1 aromatic carbocycles. The minimum atomic E-state index is -5.08. The Labute approximate surface area is 235 Å². The van der Waals surface area contributed by atoms with Crippen LogP contribution in [-0.4, -0.2) is 80.5 Å². The molecule has 0 atom stereocenters. The third-order valence-corrected chi connectivity index (χ3v) is 7.72. The number of thiophene rings is 1. The van der Waals surface area contributed by atoms with Crippen LogP contribution < -0.4 is 0 Å². The van der Waals surface area contributed by atoms with Gasteiger partial charge in [-0.3, -0.25) is 9.80 Å². The lowest BCUT2D eigenvalue weighted by atomic mass is 9.83. The number of aliphatic carboxylic acids is 2. The monoisotopic (exact) mass is 606 g/mol. The Balaban J connectivity index is 0.000000276. The smallest absolute Gasteiger partial charge is 0.475 e. The molecular formula is C26H28F6N4O4S. The van der Waals surface area contributed by atoms with Gasteiger partial charge in [-0.1, -0.05) is 36.4 Å². The van der Waals surface area contributed by atoms with E-state index in [4.69, 9.17) is 24.8 Å². The van der Waals surface area contributed by atoms with Crippen molar-refractivity contribution < 1.29 is 46.1 Å². The zero-order valence-corrected chi connectivity index (χ0v) is 22.6. The zero-order chi connectivity index (χ0) is 30.4. The molecule has 5 rings (SSSR count). The highest BCUT2D eigenvalue weighted by Gasteiger charge is 2.45. The Hall–Kier alpha value is -3.43. The molecule has 0 bridgehead atoms. The van der Waals surface area contributed by atoms with Crippen LogP contribution in [0.5, 0.6) is 0 Å². The second kappa shape index (κ2) is 13.0. The van der Waals surface area contributed by atoms with E-state index in [1.54, 1.807) is 0 Å². The number of halogens is 6. The highest BCUT2D eigenvalue weighted by molar-refractivity contribution is 7.09. The summed E-state index contributed by atoms with van der Waals surface area (Å²) in [5.74, 6) is -4.24. The molecule has 41 heavy (non-hydrogen) atoms. The number of hydrogen-bond donors (Lipinski definition) is 2. The number of fused-ring (bicyclic) bond motifs is 2. The molecular weight excluding hydrogens is 578 g/mol. The van der Waals surface area contributed by atoms with E-state index in [1.807, 2.05) is 11.3 Å².